The van der Waals surface area contributed by atoms with E-state index in [1.54, 1.807) is 24.3 Å². The Labute approximate surface area is 120 Å². The summed E-state index contributed by atoms with van der Waals surface area (Å²) in [7, 11) is 0. The third kappa shape index (κ3) is 4.42. The number of urea groups is 1. The van der Waals surface area contributed by atoms with E-state index < -0.39 is 0 Å². The minimum absolute atomic E-state index is 0.168. The SMILES string of the molecule is CC(CNC(=O)Nc1ccc(N)cc1)N1CCCCC1. The summed E-state index contributed by atoms with van der Waals surface area (Å²) < 4.78 is 0. The number of nitrogen functional groups attached to an aromatic ring is 1. The van der Waals surface area contributed by atoms with Crippen molar-refractivity contribution in [2.75, 3.05) is 30.7 Å². The Hall–Kier alpha value is -1.75. The molecule has 2 rings (SSSR count). The smallest absolute Gasteiger partial charge is 0.319 e. The van der Waals surface area contributed by atoms with Crippen molar-refractivity contribution in [2.45, 2.75) is 32.2 Å². The quantitative estimate of drug-likeness (QED) is 0.739. The Morgan fingerprint density at radius 2 is 1.90 bits per heavy atom. The molecule has 0 radical (unpaired) electrons. The van der Waals surface area contributed by atoms with Crippen molar-refractivity contribution in [3.05, 3.63) is 24.3 Å². The van der Waals surface area contributed by atoms with Gasteiger partial charge >= 0.3 is 6.03 Å². The number of anilines is 2. The van der Waals surface area contributed by atoms with E-state index in [0.29, 0.717) is 18.3 Å². The first-order chi connectivity index (χ1) is 9.65. The highest BCUT2D eigenvalue weighted by Gasteiger charge is 2.16. The third-order valence-electron chi connectivity index (χ3n) is 3.74. The van der Waals surface area contributed by atoms with Gasteiger partial charge in [0.05, 0.1) is 0 Å². The molecule has 1 unspecified atom stereocenters. The molecule has 1 aliphatic heterocycles. The molecule has 5 heteroatoms. The summed E-state index contributed by atoms with van der Waals surface area (Å²) >= 11 is 0. The van der Waals surface area contributed by atoms with Gasteiger partial charge in [-0.3, -0.25) is 4.90 Å². The van der Waals surface area contributed by atoms with Crippen LogP contribution in [0.1, 0.15) is 26.2 Å². The van der Waals surface area contributed by atoms with E-state index in [0.717, 1.165) is 18.8 Å². The second kappa shape index (κ2) is 7.14. The molecule has 4 N–H and O–H groups in total. The summed E-state index contributed by atoms with van der Waals surface area (Å²) in [4.78, 5) is 14.3. The van der Waals surface area contributed by atoms with Crippen LogP contribution in [0.2, 0.25) is 0 Å². The molecule has 1 atom stereocenters. The van der Waals surface area contributed by atoms with Crippen molar-refractivity contribution in [1.29, 1.82) is 0 Å². The van der Waals surface area contributed by atoms with Gasteiger partial charge in [0.2, 0.25) is 0 Å². The summed E-state index contributed by atoms with van der Waals surface area (Å²) in [6, 6.07) is 7.34. The van der Waals surface area contributed by atoms with E-state index in [2.05, 4.69) is 22.5 Å². The molecule has 1 fully saturated rings. The van der Waals surface area contributed by atoms with Gasteiger partial charge in [-0.05, 0) is 57.1 Å². The zero-order valence-corrected chi connectivity index (χ0v) is 12.1. The number of amides is 2. The first kappa shape index (κ1) is 14.7. The van der Waals surface area contributed by atoms with E-state index in [1.165, 1.54) is 19.3 Å². The van der Waals surface area contributed by atoms with Gasteiger partial charge in [0, 0.05) is 24.0 Å². The molecule has 0 aromatic heterocycles. The van der Waals surface area contributed by atoms with Crippen molar-refractivity contribution in [3.63, 3.8) is 0 Å². The van der Waals surface area contributed by atoms with E-state index in [9.17, 15) is 4.79 Å². The topological polar surface area (TPSA) is 70.4 Å². The van der Waals surface area contributed by atoms with Crippen molar-refractivity contribution in [1.82, 2.24) is 10.2 Å². The molecule has 2 amide bonds. The van der Waals surface area contributed by atoms with Gasteiger partial charge in [-0.1, -0.05) is 6.42 Å². The van der Waals surface area contributed by atoms with Gasteiger partial charge in [-0.2, -0.15) is 0 Å². The first-order valence-corrected chi connectivity index (χ1v) is 7.29. The molecule has 1 aromatic carbocycles. The lowest BCUT2D eigenvalue weighted by atomic mass is 10.1. The summed E-state index contributed by atoms with van der Waals surface area (Å²) in [5.74, 6) is 0. The number of nitrogens with zero attached hydrogens (tertiary/aromatic N) is 1. The van der Waals surface area contributed by atoms with Gasteiger partial charge in [0.25, 0.3) is 0 Å². The average Bonchev–Trinajstić information content (AvgIpc) is 2.48. The van der Waals surface area contributed by atoms with E-state index in [-0.39, 0.29) is 6.03 Å². The van der Waals surface area contributed by atoms with Gasteiger partial charge < -0.3 is 16.4 Å². The summed E-state index contributed by atoms with van der Waals surface area (Å²) in [6.07, 6.45) is 3.86. The Kier molecular flexibility index (Phi) is 5.24. The molecule has 0 spiro atoms. The maximum atomic E-state index is 11.8. The van der Waals surface area contributed by atoms with Crippen LogP contribution in [-0.4, -0.2) is 36.6 Å². The minimum Gasteiger partial charge on any atom is -0.399 e. The number of rotatable bonds is 4. The Morgan fingerprint density at radius 1 is 1.25 bits per heavy atom. The normalized spacial score (nSPS) is 17.4. The highest BCUT2D eigenvalue weighted by atomic mass is 16.2. The molecule has 5 nitrogen and oxygen atoms in total. The predicted octanol–water partition coefficient (Wildman–Crippen LogP) is 2.26. The maximum Gasteiger partial charge on any atom is 0.319 e. The third-order valence-corrected chi connectivity index (χ3v) is 3.74. The second-order valence-corrected chi connectivity index (χ2v) is 5.40. The summed E-state index contributed by atoms with van der Waals surface area (Å²) in [6.45, 7) is 5.11. The fourth-order valence-electron chi connectivity index (χ4n) is 2.47. The zero-order valence-electron chi connectivity index (χ0n) is 12.1. The molecule has 0 bridgehead atoms. The number of nitrogens with two attached hydrogens (primary N) is 1. The number of hydrogen-bond acceptors (Lipinski definition) is 3. The molecular formula is C15H24N4O. The molecule has 1 heterocycles. The Balaban J connectivity index is 1.72. The summed E-state index contributed by atoms with van der Waals surface area (Å²) in [5, 5.41) is 5.72. The number of nitrogens with one attached hydrogen (secondary N) is 2. The largest absolute Gasteiger partial charge is 0.399 e. The second-order valence-electron chi connectivity index (χ2n) is 5.40. The Bertz CT molecular complexity index is 426. The van der Waals surface area contributed by atoms with E-state index in [1.807, 2.05) is 0 Å². The van der Waals surface area contributed by atoms with Crippen LogP contribution in [-0.2, 0) is 0 Å². The minimum atomic E-state index is -0.168. The van der Waals surface area contributed by atoms with Crippen LogP contribution in [0.3, 0.4) is 0 Å². The molecule has 110 valence electrons. The molecular weight excluding hydrogens is 252 g/mol. The molecule has 1 aromatic rings. The van der Waals surface area contributed by atoms with Crippen LogP contribution in [0, 0.1) is 0 Å². The van der Waals surface area contributed by atoms with Crippen LogP contribution in [0.15, 0.2) is 24.3 Å². The first-order valence-electron chi connectivity index (χ1n) is 7.29. The average molecular weight is 276 g/mol. The van der Waals surface area contributed by atoms with Crippen molar-refractivity contribution in [2.24, 2.45) is 0 Å². The molecule has 0 saturated carbocycles. The number of likely N-dealkylation sites (tertiary alicyclic amines) is 1. The van der Waals surface area contributed by atoms with Crippen molar-refractivity contribution < 1.29 is 4.79 Å². The van der Waals surface area contributed by atoms with Crippen LogP contribution < -0.4 is 16.4 Å². The fourth-order valence-corrected chi connectivity index (χ4v) is 2.47. The maximum absolute atomic E-state index is 11.8. The van der Waals surface area contributed by atoms with Crippen molar-refractivity contribution in [3.8, 4) is 0 Å². The molecule has 1 saturated heterocycles. The number of carbonyl (C=O) groups is 1. The lowest BCUT2D eigenvalue weighted by Gasteiger charge is -2.32. The van der Waals surface area contributed by atoms with Gasteiger partial charge in [0.15, 0.2) is 0 Å². The van der Waals surface area contributed by atoms with Gasteiger partial charge in [0.1, 0.15) is 0 Å². The van der Waals surface area contributed by atoms with E-state index >= 15 is 0 Å². The molecule has 0 aliphatic carbocycles. The summed E-state index contributed by atoms with van der Waals surface area (Å²) in [5.41, 5.74) is 7.05. The number of hydrogen-bond donors (Lipinski definition) is 3. The molecule has 20 heavy (non-hydrogen) atoms. The fraction of sp³-hybridized carbons (Fsp3) is 0.533. The standard InChI is InChI=1S/C15H24N4O/c1-12(19-9-3-2-4-10-19)11-17-15(20)18-14-7-5-13(16)6-8-14/h5-8,12H,2-4,9-11,16H2,1H3,(H2,17,18,20). The highest BCUT2D eigenvalue weighted by molar-refractivity contribution is 5.89. The molecule has 1 aliphatic rings. The number of piperidine rings is 1. The predicted molar refractivity (Wildman–Crippen MR) is 82.8 cm³/mol. The van der Waals surface area contributed by atoms with Crippen LogP contribution in [0.4, 0.5) is 16.2 Å². The zero-order chi connectivity index (χ0) is 14.4. The van der Waals surface area contributed by atoms with Gasteiger partial charge in [-0.25, -0.2) is 4.79 Å². The Morgan fingerprint density at radius 3 is 2.55 bits per heavy atom. The van der Waals surface area contributed by atoms with E-state index in [4.69, 9.17) is 5.73 Å². The highest BCUT2D eigenvalue weighted by Crippen LogP contribution is 2.12. The van der Waals surface area contributed by atoms with Crippen LogP contribution >= 0.6 is 0 Å². The number of benzene rings is 1. The lowest BCUT2D eigenvalue weighted by molar-refractivity contribution is 0.171. The monoisotopic (exact) mass is 276 g/mol. The van der Waals surface area contributed by atoms with Gasteiger partial charge in [-0.15, -0.1) is 0 Å². The van der Waals surface area contributed by atoms with Crippen LogP contribution in [0.5, 0.6) is 0 Å². The van der Waals surface area contributed by atoms with Crippen LogP contribution in [0.25, 0.3) is 0 Å². The lowest BCUT2D eigenvalue weighted by Crippen LogP contribution is -2.45. The van der Waals surface area contributed by atoms with Crippen molar-refractivity contribution >= 4 is 17.4 Å². The number of carbonyl (C=O) groups excluding carboxylic acids is 1.